The second-order valence-electron chi connectivity index (χ2n) is 2.83. The molecule has 1 aromatic rings. The highest BCUT2D eigenvalue weighted by Crippen LogP contribution is 2.31. The number of rotatable bonds is 1. The van der Waals surface area contributed by atoms with Gasteiger partial charge in [-0.2, -0.15) is 0 Å². The predicted molar refractivity (Wildman–Crippen MR) is 53.4 cm³/mol. The van der Waals surface area contributed by atoms with Crippen LogP contribution in [-0.4, -0.2) is 10.5 Å². The lowest BCUT2D eigenvalue weighted by molar-refractivity contribution is 0.252. The molecule has 0 spiro atoms. The van der Waals surface area contributed by atoms with Crippen molar-refractivity contribution in [3.8, 4) is 5.75 Å². The highest BCUT2D eigenvalue weighted by molar-refractivity contribution is 14.1. The zero-order chi connectivity index (χ0) is 8.55. The molecule has 0 radical (unpaired) electrons. The Kier molecular flexibility index (Phi) is 2.21. The summed E-state index contributed by atoms with van der Waals surface area (Å²) in [6.45, 7) is 0. The summed E-state index contributed by atoms with van der Waals surface area (Å²) in [6.07, 6.45) is 1.01. The van der Waals surface area contributed by atoms with E-state index in [9.17, 15) is 4.39 Å². The van der Waals surface area contributed by atoms with Crippen LogP contribution in [-0.2, 0) is 6.42 Å². The van der Waals surface area contributed by atoms with E-state index in [4.69, 9.17) is 4.74 Å². The summed E-state index contributed by atoms with van der Waals surface area (Å²) in [6, 6.07) is 5.09. The van der Waals surface area contributed by atoms with E-state index in [0.29, 0.717) is 5.75 Å². The van der Waals surface area contributed by atoms with Crippen molar-refractivity contribution < 1.29 is 9.13 Å². The van der Waals surface area contributed by atoms with Crippen molar-refractivity contribution in [2.24, 2.45) is 0 Å². The minimum atomic E-state index is -0.236. The third-order valence-corrected chi connectivity index (χ3v) is 2.94. The molecule has 1 aliphatic rings. The van der Waals surface area contributed by atoms with Gasteiger partial charge in [-0.1, -0.05) is 34.7 Å². The third kappa shape index (κ3) is 1.30. The summed E-state index contributed by atoms with van der Waals surface area (Å²) < 4.78 is 19.4. The number of alkyl halides is 1. The Morgan fingerprint density at radius 1 is 1.58 bits per heavy atom. The van der Waals surface area contributed by atoms with Crippen LogP contribution in [0.25, 0.3) is 0 Å². The lowest BCUT2D eigenvalue weighted by atomic mass is 10.1. The van der Waals surface area contributed by atoms with Crippen molar-refractivity contribution in [1.82, 2.24) is 0 Å². The van der Waals surface area contributed by atoms with Crippen LogP contribution in [0.5, 0.6) is 5.75 Å². The first-order valence-electron chi connectivity index (χ1n) is 3.81. The van der Waals surface area contributed by atoms with Crippen molar-refractivity contribution in [1.29, 1.82) is 0 Å². The second kappa shape index (κ2) is 3.20. The van der Waals surface area contributed by atoms with Crippen LogP contribution >= 0.6 is 22.6 Å². The molecule has 0 bridgehead atoms. The maximum Gasteiger partial charge on any atom is 0.165 e. The fraction of sp³-hybridized carbons (Fsp3) is 0.333. The number of halogens is 2. The van der Waals surface area contributed by atoms with E-state index in [1.54, 1.807) is 6.07 Å². The summed E-state index contributed by atoms with van der Waals surface area (Å²) in [5.74, 6) is 0.221. The number of hydrogen-bond donors (Lipinski definition) is 0. The number of ether oxygens (including phenoxy) is 1. The molecule has 64 valence electrons. The zero-order valence-electron chi connectivity index (χ0n) is 6.39. The maximum absolute atomic E-state index is 13.1. The van der Waals surface area contributed by atoms with Gasteiger partial charge in [0.25, 0.3) is 0 Å². The van der Waals surface area contributed by atoms with E-state index < -0.39 is 0 Å². The van der Waals surface area contributed by atoms with Crippen LogP contribution in [0.3, 0.4) is 0 Å². The third-order valence-electron chi connectivity index (χ3n) is 1.95. The molecule has 1 atom stereocenters. The van der Waals surface area contributed by atoms with Gasteiger partial charge in [-0.15, -0.1) is 0 Å². The lowest BCUT2D eigenvalue weighted by Crippen LogP contribution is -2.13. The lowest BCUT2D eigenvalue weighted by Gasteiger charge is -2.05. The SMILES string of the molecule is Fc1cccc2c1O[C@H](CI)C2. The first kappa shape index (κ1) is 8.29. The first-order chi connectivity index (χ1) is 5.81. The Labute approximate surface area is 84.1 Å². The van der Waals surface area contributed by atoms with Crippen molar-refractivity contribution in [2.75, 3.05) is 4.43 Å². The Morgan fingerprint density at radius 3 is 3.08 bits per heavy atom. The summed E-state index contributed by atoms with van der Waals surface area (Å²) in [5, 5.41) is 0. The molecule has 0 aromatic heterocycles. The molecule has 0 amide bonds. The van der Waals surface area contributed by atoms with Crippen LogP contribution < -0.4 is 4.74 Å². The van der Waals surface area contributed by atoms with Crippen LogP contribution in [0.4, 0.5) is 4.39 Å². The quantitative estimate of drug-likeness (QED) is 0.566. The molecule has 0 fully saturated rings. The molecule has 1 nitrogen and oxygen atoms in total. The standard InChI is InChI=1S/C9H8FIO/c10-8-3-1-2-6-4-7(5-11)12-9(6)8/h1-3,7H,4-5H2/t7-/m0/s1. The van der Waals surface area contributed by atoms with Gasteiger partial charge in [0.15, 0.2) is 11.6 Å². The molecule has 0 saturated carbocycles. The topological polar surface area (TPSA) is 9.23 Å². The van der Waals surface area contributed by atoms with Gasteiger partial charge in [-0.25, -0.2) is 4.39 Å². The Hall–Kier alpha value is -0.320. The van der Waals surface area contributed by atoms with E-state index in [0.717, 1.165) is 16.4 Å². The highest BCUT2D eigenvalue weighted by Gasteiger charge is 2.24. The largest absolute Gasteiger partial charge is 0.486 e. The average molecular weight is 278 g/mol. The number of fused-ring (bicyclic) bond motifs is 1. The van der Waals surface area contributed by atoms with E-state index in [-0.39, 0.29) is 11.9 Å². The molecular weight excluding hydrogens is 270 g/mol. The van der Waals surface area contributed by atoms with E-state index >= 15 is 0 Å². The molecule has 1 aromatic carbocycles. The fourth-order valence-electron chi connectivity index (χ4n) is 1.39. The van der Waals surface area contributed by atoms with Gasteiger partial charge in [0.05, 0.1) is 0 Å². The summed E-state index contributed by atoms with van der Waals surface area (Å²) in [4.78, 5) is 0. The smallest absolute Gasteiger partial charge is 0.165 e. The minimum Gasteiger partial charge on any atom is -0.486 e. The Balaban J connectivity index is 2.35. The Morgan fingerprint density at radius 2 is 2.42 bits per heavy atom. The van der Waals surface area contributed by atoms with Crippen LogP contribution in [0.15, 0.2) is 18.2 Å². The van der Waals surface area contributed by atoms with Crippen LogP contribution in [0, 0.1) is 5.82 Å². The summed E-state index contributed by atoms with van der Waals surface area (Å²) in [7, 11) is 0. The van der Waals surface area contributed by atoms with Gasteiger partial charge in [-0.05, 0) is 6.07 Å². The van der Waals surface area contributed by atoms with Crippen molar-refractivity contribution in [2.45, 2.75) is 12.5 Å². The number of para-hydroxylation sites is 1. The first-order valence-corrected chi connectivity index (χ1v) is 5.34. The van der Waals surface area contributed by atoms with Gasteiger partial charge in [-0.3, -0.25) is 0 Å². The summed E-state index contributed by atoms with van der Waals surface area (Å²) in [5.41, 5.74) is 0.997. The normalized spacial score (nSPS) is 20.3. The highest BCUT2D eigenvalue weighted by atomic mass is 127. The number of hydrogen-bond acceptors (Lipinski definition) is 1. The van der Waals surface area contributed by atoms with Crippen molar-refractivity contribution in [3.63, 3.8) is 0 Å². The molecule has 0 saturated heterocycles. The second-order valence-corrected chi connectivity index (χ2v) is 3.71. The van der Waals surface area contributed by atoms with Crippen LogP contribution in [0.1, 0.15) is 5.56 Å². The Bertz CT molecular complexity index is 301. The van der Waals surface area contributed by atoms with Gasteiger partial charge >= 0.3 is 0 Å². The minimum absolute atomic E-state index is 0.164. The fourth-order valence-corrected chi connectivity index (χ4v) is 1.88. The molecule has 3 heteroatoms. The van der Waals surface area contributed by atoms with Crippen molar-refractivity contribution >= 4 is 22.6 Å². The predicted octanol–water partition coefficient (Wildman–Crippen LogP) is 2.56. The molecule has 1 heterocycles. The molecule has 0 unspecified atom stereocenters. The zero-order valence-corrected chi connectivity index (χ0v) is 8.55. The molecule has 2 rings (SSSR count). The average Bonchev–Trinajstić information content (AvgIpc) is 2.49. The maximum atomic E-state index is 13.1. The van der Waals surface area contributed by atoms with E-state index in [1.165, 1.54) is 6.07 Å². The van der Waals surface area contributed by atoms with Crippen LogP contribution in [0.2, 0.25) is 0 Å². The molecule has 0 N–H and O–H groups in total. The van der Waals surface area contributed by atoms with Gasteiger partial charge < -0.3 is 4.74 Å². The molecule has 1 aliphatic heterocycles. The van der Waals surface area contributed by atoms with Gasteiger partial charge in [0.2, 0.25) is 0 Å². The monoisotopic (exact) mass is 278 g/mol. The summed E-state index contributed by atoms with van der Waals surface area (Å²) >= 11 is 2.25. The van der Waals surface area contributed by atoms with Gasteiger partial charge in [0.1, 0.15) is 6.10 Å². The van der Waals surface area contributed by atoms with Crippen molar-refractivity contribution in [3.05, 3.63) is 29.6 Å². The molecule has 12 heavy (non-hydrogen) atoms. The molecular formula is C9H8FIO. The number of benzene rings is 1. The van der Waals surface area contributed by atoms with Gasteiger partial charge in [0, 0.05) is 16.4 Å². The van der Waals surface area contributed by atoms with E-state index in [2.05, 4.69) is 22.6 Å². The van der Waals surface area contributed by atoms with E-state index in [1.807, 2.05) is 6.07 Å². The molecule has 0 aliphatic carbocycles.